The van der Waals surface area contributed by atoms with Crippen LogP contribution in [0, 0.1) is 0 Å². The zero-order valence-electron chi connectivity index (χ0n) is 40.1. The highest BCUT2D eigenvalue weighted by atomic mass is 32.2. The summed E-state index contributed by atoms with van der Waals surface area (Å²) in [5, 5.41) is 45.2. The molecule has 374 valence electrons. The van der Waals surface area contributed by atoms with E-state index < -0.39 is 28.3 Å². The predicted octanol–water partition coefficient (Wildman–Crippen LogP) is 6.77. The molecule has 0 aliphatic carbocycles. The lowest BCUT2D eigenvalue weighted by Gasteiger charge is -2.28. The lowest BCUT2D eigenvalue weighted by Crippen LogP contribution is -2.43. The molecular weight excluding hydrogens is 937 g/mol. The third-order valence-electron chi connectivity index (χ3n) is 12.2. The molecular formula is C54H55N8O9S-3. The summed E-state index contributed by atoms with van der Waals surface area (Å²) in [4.78, 5) is 57.6. The first kappa shape index (κ1) is 51.8. The number of benzene rings is 6. The Morgan fingerprint density at radius 1 is 0.486 bits per heavy atom. The van der Waals surface area contributed by atoms with E-state index in [9.17, 15) is 42.9 Å². The molecule has 0 atom stereocenters. The van der Waals surface area contributed by atoms with Crippen LogP contribution in [0.25, 0.3) is 0 Å². The Morgan fingerprint density at radius 3 is 1.14 bits per heavy atom. The predicted molar refractivity (Wildman–Crippen MR) is 272 cm³/mol. The third-order valence-corrected chi connectivity index (χ3v) is 13.7. The SMILES string of the molecule is CN(C)c1ccc(N=Nc2ccc(S(=O)(=O)NCCC(=O)N3CCCCN(C(=O)[O-])c4ccc(cc4)Cc4ccc(cc4)N(C(=O)[O-])CCCCN(C(=O)[O-])c4ccc(cc4)Cc4ccc3cc4)cc2)cc1. The Labute approximate surface area is 419 Å². The number of amides is 4. The number of sulfonamides is 1. The second kappa shape index (κ2) is 24.2. The van der Waals surface area contributed by atoms with Gasteiger partial charge in [-0.05, 0) is 158 Å². The molecule has 0 aromatic heterocycles. The fourth-order valence-corrected chi connectivity index (χ4v) is 9.27. The number of carbonyl (C=O) groups is 4. The van der Waals surface area contributed by atoms with Crippen LogP contribution in [-0.2, 0) is 27.7 Å². The summed E-state index contributed by atoms with van der Waals surface area (Å²) >= 11 is 0. The van der Waals surface area contributed by atoms with Gasteiger partial charge in [0.1, 0.15) is 18.3 Å². The average molecular weight is 992 g/mol. The molecule has 4 amide bonds. The van der Waals surface area contributed by atoms with Crippen molar-refractivity contribution in [2.45, 2.75) is 49.8 Å². The minimum Gasteiger partial charge on any atom is -0.530 e. The summed E-state index contributed by atoms with van der Waals surface area (Å²) < 4.78 is 29.2. The van der Waals surface area contributed by atoms with Gasteiger partial charge in [0, 0.05) is 81.7 Å². The van der Waals surface area contributed by atoms with E-state index in [4.69, 9.17) is 0 Å². The summed E-state index contributed by atoms with van der Waals surface area (Å²) in [6.45, 7) is 0.273. The Kier molecular flexibility index (Phi) is 17.4. The van der Waals surface area contributed by atoms with Gasteiger partial charge in [-0.15, -0.1) is 0 Å². The standard InChI is InChI=1S/C54H58N8O9S/c1-58(2)45-27-15-43(16-28-45)56-57-44-17-29-50(30-18-44)72(70,71)55-32-31-51(63)59-33-3-4-34-60(52(64)65)47-21-11-41(12-22-47)38-42-13-25-49(26-14-42)62(54(68)69)36-6-5-35-61(53(66)67)48-23-9-40(10-24-48)37-39-7-19-46(59)20-8-39/h7-30,55H,3-6,31-38H2,1-2H3,(H,64,65)(H,66,67)(H,68,69)/p-3. The minimum atomic E-state index is -4.00. The highest BCUT2D eigenvalue weighted by Gasteiger charge is 2.20. The zero-order chi connectivity index (χ0) is 51.2. The largest absolute Gasteiger partial charge is 0.530 e. The molecule has 6 aromatic rings. The normalized spacial score (nSPS) is 14.2. The van der Waals surface area contributed by atoms with Crippen LogP contribution in [0.3, 0.4) is 0 Å². The van der Waals surface area contributed by atoms with E-state index in [1.54, 1.807) is 77.7 Å². The molecule has 6 aromatic carbocycles. The van der Waals surface area contributed by atoms with Gasteiger partial charge in [0.05, 0.1) is 16.3 Å². The lowest BCUT2D eigenvalue weighted by atomic mass is 10.0. The Hall–Kier alpha value is -8.09. The summed E-state index contributed by atoms with van der Waals surface area (Å²) in [6.07, 6.45) is -1.89. The molecule has 17 nitrogen and oxygen atoms in total. The number of anilines is 5. The van der Waals surface area contributed by atoms with Crippen LogP contribution in [0.15, 0.2) is 161 Å². The van der Waals surface area contributed by atoms with E-state index in [-0.39, 0.29) is 49.9 Å². The van der Waals surface area contributed by atoms with E-state index in [1.807, 2.05) is 79.7 Å². The molecule has 7 aliphatic rings. The molecule has 7 heterocycles. The maximum absolute atomic E-state index is 14.0. The number of azo groups is 1. The van der Waals surface area contributed by atoms with E-state index in [2.05, 4.69) is 15.0 Å². The highest BCUT2D eigenvalue weighted by Crippen LogP contribution is 2.26. The first-order valence-electron chi connectivity index (χ1n) is 23.5. The van der Waals surface area contributed by atoms with Crippen LogP contribution in [0.2, 0.25) is 0 Å². The summed E-state index contributed by atoms with van der Waals surface area (Å²) in [7, 11) is -0.126. The van der Waals surface area contributed by atoms with E-state index in [1.165, 1.54) is 12.1 Å². The number of hydrogen-bond donors (Lipinski definition) is 1. The van der Waals surface area contributed by atoms with Gasteiger partial charge in [-0.3, -0.25) is 4.79 Å². The first-order chi connectivity index (χ1) is 34.6. The number of hydrogen-bond acceptors (Lipinski definition) is 12. The maximum Gasteiger partial charge on any atom is 0.240 e. The van der Waals surface area contributed by atoms with Gasteiger partial charge in [0.25, 0.3) is 0 Å². The van der Waals surface area contributed by atoms with Crippen molar-refractivity contribution >= 4 is 74.0 Å². The van der Waals surface area contributed by atoms with E-state index >= 15 is 0 Å². The summed E-state index contributed by atoms with van der Waals surface area (Å²) in [5.74, 6) is -0.350. The van der Waals surface area contributed by atoms with Gasteiger partial charge in [-0.2, -0.15) is 10.2 Å². The number of nitrogens with one attached hydrogen (secondary N) is 1. The molecule has 18 heteroatoms. The molecule has 72 heavy (non-hydrogen) atoms. The van der Waals surface area contributed by atoms with Crippen LogP contribution < -0.4 is 44.5 Å². The molecule has 0 unspecified atom stereocenters. The van der Waals surface area contributed by atoms with Gasteiger partial charge in [-0.25, -0.2) is 13.1 Å². The number of nitrogens with zero attached hydrogens (tertiary/aromatic N) is 7. The Bertz CT molecular complexity index is 2940. The van der Waals surface area contributed by atoms with Crippen molar-refractivity contribution in [3.05, 3.63) is 168 Å². The summed E-state index contributed by atoms with van der Waals surface area (Å²) in [6, 6.07) is 41.7. The molecule has 0 spiro atoms. The van der Waals surface area contributed by atoms with Crippen molar-refractivity contribution in [2.24, 2.45) is 10.2 Å². The highest BCUT2D eigenvalue weighted by molar-refractivity contribution is 7.89. The minimum absolute atomic E-state index is 0.00589. The van der Waals surface area contributed by atoms with Crippen LogP contribution >= 0.6 is 0 Å². The number of carboxylic acid groups (broad SMARTS) is 3. The van der Waals surface area contributed by atoms with Crippen molar-refractivity contribution in [1.82, 2.24) is 4.72 Å². The molecule has 8 bridgehead atoms. The van der Waals surface area contributed by atoms with Crippen molar-refractivity contribution in [1.29, 1.82) is 0 Å². The lowest BCUT2D eigenvalue weighted by molar-refractivity contribution is -0.247. The van der Waals surface area contributed by atoms with Gasteiger partial charge in [0.15, 0.2) is 0 Å². The second-order valence-corrected chi connectivity index (χ2v) is 19.3. The smallest absolute Gasteiger partial charge is 0.240 e. The summed E-state index contributed by atoms with van der Waals surface area (Å²) in [5.41, 5.74) is 7.47. The number of rotatable bonds is 8. The topological polar surface area (TPSA) is 225 Å². The van der Waals surface area contributed by atoms with E-state index in [0.29, 0.717) is 72.6 Å². The Balaban J connectivity index is 1.06. The van der Waals surface area contributed by atoms with Crippen molar-refractivity contribution in [3.63, 3.8) is 0 Å². The molecule has 0 fully saturated rings. The van der Waals surface area contributed by atoms with Crippen molar-refractivity contribution in [2.75, 3.05) is 71.3 Å². The quantitative estimate of drug-likeness (QED) is 0.157. The third kappa shape index (κ3) is 14.0. The molecule has 0 saturated heterocycles. The monoisotopic (exact) mass is 991 g/mol. The van der Waals surface area contributed by atoms with Crippen LogP contribution in [0.5, 0.6) is 0 Å². The van der Waals surface area contributed by atoms with Gasteiger partial charge in [0.2, 0.25) is 15.9 Å². The molecule has 1 N–H and O–H groups in total. The van der Waals surface area contributed by atoms with Gasteiger partial charge < -0.3 is 54.2 Å². The van der Waals surface area contributed by atoms with Crippen LogP contribution in [0.4, 0.5) is 54.2 Å². The van der Waals surface area contributed by atoms with Crippen LogP contribution in [0.1, 0.15) is 54.4 Å². The van der Waals surface area contributed by atoms with Gasteiger partial charge >= 0.3 is 0 Å². The maximum atomic E-state index is 14.0. The molecule has 7 aliphatic heterocycles. The second-order valence-electron chi connectivity index (χ2n) is 17.5. The van der Waals surface area contributed by atoms with Gasteiger partial charge in [-0.1, -0.05) is 48.5 Å². The molecule has 13 rings (SSSR count). The average Bonchev–Trinajstić information content (AvgIpc) is 3.36. The fraction of sp³-hybridized carbons (Fsp3) is 0.259. The van der Waals surface area contributed by atoms with Crippen molar-refractivity contribution < 1.29 is 42.9 Å². The van der Waals surface area contributed by atoms with Crippen molar-refractivity contribution in [3.8, 4) is 0 Å². The zero-order valence-corrected chi connectivity index (χ0v) is 40.9. The fourth-order valence-electron chi connectivity index (χ4n) is 8.24. The first-order valence-corrected chi connectivity index (χ1v) is 25.0. The van der Waals surface area contributed by atoms with E-state index in [0.717, 1.165) is 42.6 Å². The Morgan fingerprint density at radius 2 is 0.806 bits per heavy atom. The van der Waals surface area contributed by atoms with Crippen LogP contribution in [-0.4, -0.2) is 79.4 Å². The molecule has 0 radical (unpaired) electrons. The number of carbonyl (C=O) groups excluding carboxylic acids is 4. The molecule has 0 saturated carbocycles.